The van der Waals surface area contributed by atoms with Crippen molar-refractivity contribution in [1.29, 1.82) is 0 Å². The lowest BCUT2D eigenvalue weighted by Crippen LogP contribution is -2.32. The highest BCUT2D eigenvalue weighted by molar-refractivity contribution is 6.02. The first-order valence-corrected chi connectivity index (χ1v) is 6.52. The van der Waals surface area contributed by atoms with Crippen LogP contribution >= 0.6 is 0 Å². The van der Waals surface area contributed by atoms with Gasteiger partial charge in [0.05, 0.1) is 6.42 Å². The number of carbonyl (C=O) groups is 2. The number of rotatable bonds is 1. The molecule has 0 bridgehead atoms. The molecule has 100 valence electrons. The molecule has 2 aliphatic heterocycles. The van der Waals surface area contributed by atoms with Gasteiger partial charge < -0.3 is 16.0 Å². The smallest absolute Gasteiger partial charge is 0.253 e. The van der Waals surface area contributed by atoms with E-state index in [0.717, 1.165) is 11.3 Å². The fourth-order valence-corrected chi connectivity index (χ4v) is 2.69. The van der Waals surface area contributed by atoms with Gasteiger partial charge in [0.15, 0.2) is 0 Å². The lowest BCUT2D eigenvalue weighted by atomic mass is 10.1. The quantitative estimate of drug-likeness (QED) is 0.775. The van der Waals surface area contributed by atoms with Crippen molar-refractivity contribution in [3.05, 3.63) is 29.3 Å². The minimum Gasteiger partial charge on any atom is -0.337 e. The van der Waals surface area contributed by atoms with Crippen LogP contribution in [0, 0.1) is 5.92 Å². The fourth-order valence-electron chi connectivity index (χ4n) is 2.69. The number of amides is 2. The highest BCUT2D eigenvalue weighted by Gasteiger charge is 2.31. The molecule has 5 heteroatoms. The topological polar surface area (TPSA) is 75.4 Å². The van der Waals surface area contributed by atoms with Crippen molar-refractivity contribution in [3.63, 3.8) is 0 Å². The van der Waals surface area contributed by atoms with Crippen molar-refractivity contribution in [3.8, 4) is 0 Å². The molecular weight excluding hydrogens is 242 g/mol. The van der Waals surface area contributed by atoms with Gasteiger partial charge in [0.2, 0.25) is 5.91 Å². The molecule has 2 amide bonds. The van der Waals surface area contributed by atoms with Crippen molar-refractivity contribution in [2.24, 2.45) is 11.7 Å². The van der Waals surface area contributed by atoms with Crippen LogP contribution in [0.1, 0.15) is 22.8 Å². The van der Waals surface area contributed by atoms with Crippen molar-refractivity contribution in [2.75, 3.05) is 18.4 Å². The number of nitrogens with two attached hydrogens (primary N) is 1. The highest BCUT2D eigenvalue weighted by Crippen LogP contribution is 2.25. The molecule has 2 heterocycles. The number of anilines is 1. The van der Waals surface area contributed by atoms with Crippen LogP contribution in [0.15, 0.2) is 18.2 Å². The van der Waals surface area contributed by atoms with Crippen LogP contribution in [-0.4, -0.2) is 35.8 Å². The van der Waals surface area contributed by atoms with E-state index in [9.17, 15) is 9.59 Å². The molecule has 1 saturated heterocycles. The molecule has 5 nitrogen and oxygen atoms in total. The maximum absolute atomic E-state index is 12.4. The second-order valence-corrected chi connectivity index (χ2v) is 5.45. The number of hydrogen-bond donors (Lipinski definition) is 2. The van der Waals surface area contributed by atoms with Gasteiger partial charge in [0.25, 0.3) is 5.91 Å². The average Bonchev–Trinajstić information content (AvgIpc) is 2.90. The van der Waals surface area contributed by atoms with Crippen LogP contribution in [0.3, 0.4) is 0 Å². The molecule has 0 radical (unpaired) electrons. The first-order chi connectivity index (χ1) is 9.04. The Bertz CT molecular complexity index is 546. The predicted molar refractivity (Wildman–Crippen MR) is 71.8 cm³/mol. The lowest BCUT2D eigenvalue weighted by molar-refractivity contribution is -0.115. The van der Waals surface area contributed by atoms with E-state index >= 15 is 0 Å². The predicted octanol–water partition coefficient (Wildman–Crippen LogP) is 0.600. The number of fused-ring (bicyclic) bond motifs is 1. The summed E-state index contributed by atoms with van der Waals surface area (Å²) >= 11 is 0. The van der Waals surface area contributed by atoms with Gasteiger partial charge in [0.1, 0.15) is 0 Å². The van der Waals surface area contributed by atoms with Crippen molar-refractivity contribution >= 4 is 17.5 Å². The maximum atomic E-state index is 12.4. The largest absolute Gasteiger partial charge is 0.337 e. The molecule has 1 aromatic carbocycles. The van der Waals surface area contributed by atoms with E-state index in [2.05, 4.69) is 12.2 Å². The van der Waals surface area contributed by atoms with E-state index in [-0.39, 0.29) is 17.9 Å². The zero-order valence-corrected chi connectivity index (χ0v) is 10.8. The van der Waals surface area contributed by atoms with Crippen molar-refractivity contribution in [1.82, 2.24) is 4.90 Å². The van der Waals surface area contributed by atoms with Gasteiger partial charge in [-0.15, -0.1) is 0 Å². The molecule has 0 aromatic heterocycles. The Hall–Kier alpha value is -1.88. The van der Waals surface area contributed by atoms with Crippen LogP contribution in [0.2, 0.25) is 0 Å². The van der Waals surface area contributed by atoms with E-state index in [1.54, 1.807) is 17.0 Å². The summed E-state index contributed by atoms with van der Waals surface area (Å²) in [7, 11) is 0. The first-order valence-electron chi connectivity index (χ1n) is 6.52. The van der Waals surface area contributed by atoms with Crippen LogP contribution in [0.25, 0.3) is 0 Å². The number of likely N-dealkylation sites (tertiary alicyclic amines) is 1. The molecular formula is C14H17N3O2. The number of hydrogen-bond acceptors (Lipinski definition) is 3. The Kier molecular flexibility index (Phi) is 2.78. The third kappa shape index (κ3) is 2.10. The summed E-state index contributed by atoms with van der Waals surface area (Å²) in [5, 5.41) is 2.77. The fraction of sp³-hybridized carbons (Fsp3) is 0.429. The van der Waals surface area contributed by atoms with Crippen LogP contribution in [0.5, 0.6) is 0 Å². The summed E-state index contributed by atoms with van der Waals surface area (Å²) in [6.45, 7) is 3.35. The van der Waals surface area contributed by atoms with Crippen LogP contribution in [0.4, 0.5) is 5.69 Å². The Morgan fingerprint density at radius 2 is 2.21 bits per heavy atom. The molecule has 2 atom stereocenters. The average molecular weight is 259 g/mol. The van der Waals surface area contributed by atoms with E-state index in [0.29, 0.717) is 31.0 Å². The molecule has 3 N–H and O–H groups in total. The molecule has 2 unspecified atom stereocenters. The lowest BCUT2D eigenvalue weighted by Gasteiger charge is -2.16. The summed E-state index contributed by atoms with van der Waals surface area (Å²) in [5.41, 5.74) is 8.26. The molecule has 2 aliphatic rings. The van der Waals surface area contributed by atoms with Crippen molar-refractivity contribution < 1.29 is 9.59 Å². The summed E-state index contributed by atoms with van der Waals surface area (Å²) in [4.78, 5) is 25.5. The summed E-state index contributed by atoms with van der Waals surface area (Å²) < 4.78 is 0. The van der Waals surface area contributed by atoms with Gasteiger partial charge in [-0.1, -0.05) is 13.0 Å². The van der Waals surface area contributed by atoms with E-state index in [1.807, 2.05) is 6.07 Å². The Labute approximate surface area is 111 Å². The van der Waals surface area contributed by atoms with Gasteiger partial charge in [-0.05, 0) is 23.6 Å². The number of carbonyl (C=O) groups excluding carboxylic acids is 2. The summed E-state index contributed by atoms with van der Waals surface area (Å²) in [6.07, 6.45) is 0.398. The number of benzene rings is 1. The van der Waals surface area contributed by atoms with Crippen molar-refractivity contribution in [2.45, 2.75) is 19.4 Å². The standard InChI is InChI=1S/C14H17N3O2/c1-8-6-17(7-11(8)15)14(19)10-3-2-9-5-13(18)16-12(9)4-10/h2-4,8,11H,5-7,15H2,1H3,(H,16,18). The van der Waals surface area contributed by atoms with Crippen LogP contribution in [-0.2, 0) is 11.2 Å². The van der Waals surface area contributed by atoms with Gasteiger partial charge in [-0.3, -0.25) is 9.59 Å². The van der Waals surface area contributed by atoms with Crippen LogP contribution < -0.4 is 11.1 Å². The molecule has 1 fully saturated rings. The third-order valence-electron chi connectivity index (χ3n) is 3.94. The Morgan fingerprint density at radius 1 is 1.42 bits per heavy atom. The normalized spacial score (nSPS) is 25.4. The third-order valence-corrected chi connectivity index (χ3v) is 3.94. The minimum absolute atomic E-state index is 0.0104. The second-order valence-electron chi connectivity index (χ2n) is 5.45. The zero-order chi connectivity index (χ0) is 13.6. The van der Waals surface area contributed by atoms with Gasteiger partial charge in [-0.2, -0.15) is 0 Å². The monoisotopic (exact) mass is 259 g/mol. The molecule has 3 rings (SSSR count). The van der Waals surface area contributed by atoms with Gasteiger partial charge >= 0.3 is 0 Å². The molecule has 0 saturated carbocycles. The molecule has 19 heavy (non-hydrogen) atoms. The van der Waals surface area contributed by atoms with E-state index in [4.69, 9.17) is 5.73 Å². The molecule has 0 aliphatic carbocycles. The Balaban J connectivity index is 1.82. The highest BCUT2D eigenvalue weighted by atomic mass is 16.2. The van der Waals surface area contributed by atoms with E-state index < -0.39 is 0 Å². The SMILES string of the molecule is CC1CN(C(=O)c2ccc3c(c2)NC(=O)C3)CC1N. The second kappa shape index (κ2) is 4.35. The maximum Gasteiger partial charge on any atom is 0.253 e. The van der Waals surface area contributed by atoms with Gasteiger partial charge in [0, 0.05) is 30.4 Å². The zero-order valence-electron chi connectivity index (χ0n) is 10.8. The minimum atomic E-state index is -0.0172. The number of nitrogens with one attached hydrogen (secondary N) is 1. The molecule has 1 aromatic rings. The van der Waals surface area contributed by atoms with E-state index in [1.165, 1.54) is 0 Å². The van der Waals surface area contributed by atoms with Gasteiger partial charge in [-0.25, -0.2) is 0 Å². The Morgan fingerprint density at radius 3 is 2.89 bits per heavy atom. The summed E-state index contributed by atoms with van der Waals surface area (Å²) in [5.74, 6) is 0.304. The first kappa shape index (κ1) is 12.2. The summed E-state index contributed by atoms with van der Waals surface area (Å²) in [6, 6.07) is 5.45. The number of nitrogens with zero attached hydrogens (tertiary/aromatic N) is 1. The molecule has 0 spiro atoms.